The number of anilines is 1. The van der Waals surface area contributed by atoms with Gasteiger partial charge in [-0.1, -0.05) is 29.3 Å². The van der Waals surface area contributed by atoms with E-state index in [1.165, 1.54) is 0 Å². The van der Waals surface area contributed by atoms with E-state index in [-0.39, 0.29) is 5.91 Å². The molecule has 0 radical (unpaired) electrons. The molecule has 1 aromatic heterocycles. The number of pyridine rings is 1. The number of amides is 1. The average molecular weight is 338 g/mol. The zero-order valence-corrected chi connectivity index (χ0v) is 13.9. The maximum absolute atomic E-state index is 12.2. The van der Waals surface area contributed by atoms with Crippen LogP contribution in [0.4, 0.5) is 5.82 Å². The Labute approximate surface area is 140 Å². The Morgan fingerprint density at radius 1 is 1.23 bits per heavy atom. The van der Waals surface area contributed by atoms with Crippen molar-refractivity contribution in [3.8, 4) is 0 Å². The van der Waals surface area contributed by atoms with Gasteiger partial charge in [-0.25, -0.2) is 4.98 Å². The fraction of sp³-hybridized carbons (Fsp3) is 0.250. The molecule has 1 aromatic carbocycles. The molecule has 0 aliphatic carbocycles. The molecular formula is C16H17Cl2N3O. The lowest BCUT2D eigenvalue weighted by molar-refractivity contribution is 0.0954. The Morgan fingerprint density at radius 2 is 1.91 bits per heavy atom. The van der Waals surface area contributed by atoms with Gasteiger partial charge in [0.2, 0.25) is 0 Å². The summed E-state index contributed by atoms with van der Waals surface area (Å²) in [7, 11) is 3.76. The SMILES string of the molecule is CN(C)c1cc(C(=O)NCCc2c(Cl)cccc2Cl)ccn1. The third-order valence-electron chi connectivity index (χ3n) is 3.19. The van der Waals surface area contributed by atoms with Crippen molar-refractivity contribution in [3.05, 3.63) is 57.7 Å². The molecular weight excluding hydrogens is 321 g/mol. The number of hydrogen-bond acceptors (Lipinski definition) is 3. The van der Waals surface area contributed by atoms with E-state index in [4.69, 9.17) is 23.2 Å². The number of rotatable bonds is 5. The Kier molecular flexibility index (Phi) is 5.63. The second-order valence-corrected chi connectivity index (χ2v) is 5.82. The number of carbonyl (C=O) groups excluding carboxylic acids is 1. The highest BCUT2D eigenvalue weighted by Crippen LogP contribution is 2.24. The largest absolute Gasteiger partial charge is 0.363 e. The lowest BCUT2D eigenvalue weighted by atomic mass is 10.1. The van der Waals surface area contributed by atoms with Crippen LogP contribution in [-0.4, -0.2) is 31.5 Å². The van der Waals surface area contributed by atoms with E-state index in [0.717, 1.165) is 11.4 Å². The van der Waals surface area contributed by atoms with Crippen molar-refractivity contribution in [2.75, 3.05) is 25.5 Å². The van der Waals surface area contributed by atoms with Gasteiger partial charge >= 0.3 is 0 Å². The summed E-state index contributed by atoms with van der Waals surface area (Å²) >= 11 is 12.2. The fourth-order valence-corrected chi connectivity index (χ4v) is 2.56. The molecule has 0 aliphatic heterocycles. The number of carbonyl (C=O) groups is 1. The molecule has 116 valence electrons. The Morgan fingerprint density at radius 3 is 2.55 bits per heavy atom. The molecule has 0 aliphatic rings. The van der Waals surface area contributed by atoms with E-state index >= 15 is 0 Å². The molecule has 0 bridgehead atoms. The van der Waals surface area contributed by atoms with E-state index in [9.17, 15) is 4.79 Å². The summed E-state index contributed by atoms with van der Waals surface area (Å²) in [5.74, 6) is 0.593. The summed E-state index contributed by atoms with van der Waals surface area (Å²) < 4.78 is 0. The van der Waals surface area contributed by atoms with Crippen LogP contribution in [0, 0.1) is 0 Å². The Bertz CT molecular complexity index is 654. The maximum atomic E-state index is 12.2. The van der Waals surface area contributed by atoms with Crippen LogP contribution in [0.25, 0.3) is 0 Å². The third kappa shape index (κ3) is 4.12. The summed E-state index contributed by atoms with van der Waals surface area (Å²) in [5, 5.41) is 4.09. The molecule has 1 amide bonds. The van der Waals surface area contributed by atoms with Gasteiger partial charge in [0.05, 0.1) is 0 Å². The smallest absolute Gasteiger partial charge is 0.251 e. The van der Waals surface area contributed by atoms with Gasteiger partial charge < -0.3 is 10.2 Å². The van der Waals surface area contributed by atoms with E-state index in [1.54, 1.807) is 36.5 Å². The second-order valence-electron chi connectivity index (χ2n) is 5.00. The number of halogens is 2. The van der Waals surface area contributed by atoms with Crippen LogP contribution in [-0.2, 0) is 6.42 Å². The molecule has 6 heteroatoms. The van der Waals surface area contributed by atoms with E-state index in [0.29, 0.717) is 28.6 Å². The van der Waals surface area contributed by atoms with Gasteiger partial charge in [0.15, 0.2) is 0 Å². The van der Waals surface area contributed by atoms with Crippen LogP contribution in [0.1, 0.15) is 15.9 Å². The van der Waals surface area contributed by atoms with Gasteiger partial charge in [0.25, 0.3) is 5.91 Å². The first-order valence-corrected chi connectivity index (χ1v) is 7.59. The van der Waals surface area contributed by atoms with Crippen LogP contribution in [0.15, 0.2) is 36.5 Å². The van der Waals surface area contributed by atoms with E-state index in [1.807, 2.05) is 19.0 Å². The first kappa shape index (κ1) is 16.6. The van der Waals surface area contributed by atoms with Gasteiger partial charge in [0, 0.05) is 42.4 Å². The number of nitrogens with zero attached hydrogens (tertiary/aromatic N) is 2. The van der Waals surface area contributed by atoms with Crippen LogP contribution in [0.5, 0.6) is 0 Å². The minimum Gasteiger partial charge on any atom is -0.363 e. The molecule has 2 rings (SSSR count). The maximum Gasteiger partial charge on any atom is 0.251 e. The zero-order valence-electron chi connectivity index (χ0n) is 12.4. The van der Waals surface area contributed by atoms with Gasteiger partial charge in [-0.15, -0.1) is 0 Å². The number of nitrogens with one attached hydrogen (secondary N) is 1. The van der Waals surface area contributed by atoms with Crippen molar-refractivity contribution in [1.29, 1.82) is 0 Å². The molecule has 0 fully saturated rings. The molecule has 1 heterocycles. The first-order valence-electron chi connectivity index (χ1n) is 6.83. The molecule has 22 heavy (non-hydrogen) atoms. The van der Waals surface area contributed by atoms with Crippen molar-refractivity contribution in [2.45, 2.75) is 6.42 Å². The molecule has 0 unspecified atom stereocenters. The number of benzene rings is 1. The van der Waals surface area contributed by atoms with Gasteiger partial charge in [-0.2, -0.15) is 0 Å². The van der Waals surface area contributed by atoms with Crippen LogP contribution in [0.3, 0.4) is 0 Å². The highest BCUT2D eigenvalue weighted by atomic mass is 35.5. The van der Waals surface area contributed by atoms with Crippen LogP contribution >= 0.6 is 23.2 Å². The van der Waals surface area contributed by atoms with Gasteiger partial charge in [-0.05, 0) is 36.2 Å². The summed E-state index contributed by atoms with van der Waals surface area (Å²) in [6.45, 7) is 0.460. The van der Waals surface area contributed by atoms with Gasteiger partial charge in [-0.3, -0.25) is 4.79 Å². The first-order chi connectivity index (χ1) is 10.5. The zero-order chi connectivity index (χ0) is 16.1. The summed E-state index contributed by atoms with van der Waals surface area (Å²) in [6, 6.07) is 8.81. The second kappa shape index (κ2) is 7.47. The highest BCUT2D eigenvalue weighted by Gasteiger charge is 2.09. The molecule has 0 saturated heterocycles. The summed E-state index contributed by atoms with van der Waals surface area (Å²) in [6.07, 6.45) is 2.20. The lowest BCUT2D eigenvalue weighted by Gasteiger charge is -2.12. The molecule has 0 atom stereocenters. The van der Waals surface area contributed by atoms with Crippen molar-refractivity contribution in [3.63, 3.8) is 0 Å². The molecule has 4 nitrogen and oxygen atoms in total. The molecule has 0 saturated carbocycles. The number of hydrogen-bond donors (Lipinski definition) is 1. The van der Waals surface area contributed by atoms with E-state index in [2.05, 4.69) is 10.3 Å². The Hall–Kier alpha value is -1.78. The lowest BCUT2D eigenvalue weighted by Crippen LogP contribution is -2.26. The number of aromatic nitrogens is 1. The topological polar surface area (TPSA) is 45.2 Å². The third-order valence-corrected chi connectivity index (χ3v) is 3.90. The summed E-state index contributed by atoms with van der Waals surface area (Å²) in [5.41, 5.74) is 1.42. The minimum atomic E-state index is -0.145. The standard InChI is InChI=1S/C16H17Cl2N3O/c1-21(2)15-10-11(6-8-19-15)16(22)20-9-7-12-13(17)4-3-5-14(12)18/h3-6,8,10H,7,9H2,1-2H3,(H,20,22). The monoisotopic (exact) mass is 337 g/mol. The molecule has 0 spiro atoms. The van der Waals surface area contributed by atoms with Crippen molar-refractivity contribution in [1.82, 2.24) is 10.3 Å². The fourth-order valence-electron chi connectivity index (χ4n) is 1.98. The predicted molar refractivity (Wildman–Crippen MR) is 91.1 cm³/mol. The quantitative estimate of drug-likeness (QED) is 0.909. The minimum absolute atomic E-state index is 0.145. The molecule has 2 aromatic rings. The molecule has 1 N–H and O–H groups in total. The van der Waals surface area contributed by atoms with Crippen molar-refractivity contribution < 1.29 is 4.79 Å². The van der Waals surface area contributed by atoms with Gasteiger partial charge in [0.1, 0.15) is 5.82 Å². The van der Waals surface area contributed by atoms with Crippen molar-refractivity contribution >= 4 is 34.9 Å². The van der Waals surface area contributed by atoms with Crippen LogP contribution in [0.2, 0.25) is 10.0 Å². The highest BCUT2D eigenvalue weighted by molar-refractivity contribution is 6.36. The van der Waals surface area contributed by atoms with Crippen LogP contribution < -0.4 is 10.2 Å². The average Bonchev–Trinajstić information content (AvgIpc) is 2.50. The van der Waals surface area contributed by atoms with Crippen molar-refractivity contribution in [2.24, 2.45) is 0 Å². The summed E-state index contributed by atoms with van der Waals surface area (Å²) in [4.78, 5) is 18.2. The Balaban J connectivity index is 1.97. The predicted octanol–water partition coefficient (Wildman–Crippen LogP) is 3.43. The van der Waals surface area contributed by atoms with E-state index < -0.39 is 0 Å². The normalized spacial score (nSPS) is 10.4.